The number of hydrogen-bond donors (Lipinski definition) is 1. The van der Waals surface area contributed by atoms with Crippen molar-refractivity contribution < 1.29 is 4.74 Å². The van der Waals surface area contributed by atoms with Crippen LogP contribution < -0.4 is 10.2 Å². The molecule has 26 heavy (non-hydrogen) atoms. The average molecular weight is 375 g/mol. The van der Waals surface area contributed by atoms with Crippen molar-refractivity contribution in [1.82, 2.24) is 15.3 Å². The molecule has 140 valence electrons. The van der Waals surface area contributed by atoms with E-state index in [-0.39, 0.29) is 12.4 Å². The third kappa shape index (κ3) is 4.17. The van der Waals surface area contributed by atoms with Crippen molar-refractivity contribution in [1.29, 1.82) is 0 Å². The Morgan fingerprint density at radius 1 is 1.15 bits per heavy atom. The van der Waals surface area contributed by atoms with Crippen LogP contribution in [0.5, 0.6) is 0 Å². The molecule has 0 aliphatic carbocycles. The van der Waals surface area contributed by atoms with Crippen LogP contribution in [0, 0.1) is 0 Å². The van der Waals surface area contributed by atoms with E-state index in [1.54, 1.807) is 0 Å². The van der Waals surface area contributed by atoms with Crippen LogP contribution in [0.15, 0.2) is 30.3 Å². The monoisotopic (exact) mass is 374 g/mol. The predicted molar refractivity (Wildman–Crippen MR) is 106 cm³/mol. The van der Waals surface area contributed by atoms with Crippen LogP contribution in [0.3, 0.4) is 0 Å². The van der Waals surface area contributed by atoms with Gasteiger partial charge in [0.25, 0.3) is 0 Å². The Labute approximate surface area is 161 Å². The van der Waals surface area contributed by atoms with Crippen molar-refractivity contribution >= 4 is 18.2 Å². The third-order valence-corrected chi connectivity index (χ3v) is 5.05. The Hall–Kier alpha value is -1.69. The number of aromatic nitrogens is 2. The van der Waals surface area contributed by atoms with Crippen LogP contribution in [0.1, 0.15) is 29.6 Å². The maximum Gasteiger partial charge on any atom is 0.136 e. The fourth-order valence-corrected chi connectivity index (χ4v) is 3.71. The number of hydrogen-bond acceptors (Lipinski definition) is 5. The summed E-state index contributed by atoms with van der Waals surface area (Å²) < 4.78 is 5.63. The molecule has 1 N–H and O–H groups in total. The van der Waals surface area contributed by atoms with Crippen molar-refractivity contribution in [2.24, 2.45) is 0 Å². The molecule has 2 aromatic rings. The summed E-state index contributed by atoms with van der Waals surface area (Å²) >= 11 is 0. The van der Waals surface area contributed by atoms with Gasteiger partial charge in [0.05, 0.1) is 24.9 Å². The van der Waals surface area contributed by atoms with Gasteiger partial charge in [-0.3, -0.25) is 0 Å². The molecule has 2 aliphatic heterocycles. The van der Waals surface area contributed by atoms with Crippen molar-refractivity contribution in [3.8, 4) is 0 Å². The number of nitrogens with zero attached hydrogens (tertiary/aromatic N) is 3. The maximum absolute atomic E-state index is 5.63. The fourth-order valence-electron chi connectivity index (χ4n) is 3.71. The van der Waals surface area contributed by atoms with Gasteiger partial charge in [-0.1, -0.05) is 30.3 Å². The second kappa shape index (κ2) is 8.80. The fraction of sp³-hybridized carbons (Fsp3) is 0.500. The number of ether oxygens (including phenoxy) is 1. The molecule has 0 amide bonds. The van der Waals surface area contributed by atoms with Crippen molar-refractivity contribution in [3.05, 3.63) is 53.0 Å². The van der Waals surface area contributed by atoms with Gasteiger partial charge in [0.2, 0.25) is 0 Å². The van der Waals surface area contributed by atoms with Gasteiger partial charge >= 0.3 is 0 Å². The molecule has 1 aromatic heterocycles. The summed E-state index contributed by atoms with van der Waals surface area (Å²) in [5.74, 6) is 2.07. The molecule has 1 aromatic carbocycles. The first-order valence-corrected chi connectivity index (χ1v) is 9.29. The lowest BCUT2D eigenvalue weighted by Crippen LogP contribution is -2.45. The minimum absolute atomic E-state index is 0. The van der Waals surface area contributed by atoms with Gasteiger partial charge < -0.3 is 15.0 Å². The molecule has 4 rings (SSSR count). The van der Waals surface area contributed by atoms with Crippen LogP contribution in [0.4, 0.5) is 5.82 Å². The zero-order valence-electron chi connectivity index (χ0n) is 15.3. The van der Waals surface area contributed by atoms with Gasteiger partial charge in [0, 0.05) is 31.5 Å². The van der Waals surface area contributed by atoms with Gasteiger partial charge in [-0.05, 0) is 25.5 Å². The average Bonchev–Trinajstić information content (AvgIpc) is 2.88. The molecule has 3 heterocycles. The molecular weight excluding hydrogens is 348 g/mol. The van der Waals surface area contributed by atoms with Gasteiger partial charge in [-0.15, -0.1) is 12.4 Å². The summed E-state index contributed by atoms with van der Waals surface area (Å²) in [4.78, 5) is 12.4. The van der Waals surface area contributed by atoms with E-state index in [1.807, 2.05) is 6.07 Å². The predicted octanol–water partition coefficient (Wildman–Crippen LogP) is 2.40. The topological polar surface area (TPSA) is 50.3 Å². The molecule has 0 radical (unpaired) electrons. The van der Waals surface area contributed by atoms with E-state index in [4.69, 9.17) is 14.7 Å². The van der Waals surface area contributed by atoms with Crippen LogP contribution in [-0.4, -0.2) is 48.9 Å². The molecule has 1 fully saturated rings. The van der Waals surface area contributed by atoms with Gasteiger partial charge in [-0.2, -0.15) is 0 Å². The standard InChI is InChI=1S/C20H26N4O.ClH/c1-15-14-25-12-11-24(15)20-17-7-9-21-10-8-18(17)22-19(23-20)13-16-5-3-2-4-6-16;/h2-6,15,21H,7-14H2,1H3;1H/t15-;/m0./s1. The highest BCUT2D eigenvalue weighted by atomic mass is 35.5. The summed E-state index contributed by atoms with van der Waals surface area (Å²) in [7, 11) is 0. The van der Waals surface area contributed by atoms with E-state index in [2.05, 4.69) is 41.4 Å². The van der Waals surface area contributed by atoms with Crippen molar-refractivity contribution in [2.45, 2.75) is 32.2 Å². The summed E-state index contributed by atoms with van der Waals surface area (Å²) in [5.41, 5.74) is 3.81. The van der Waals surface area contributed by atoms with Gasteiger partial charge in [0.1, 0.15) is 11.6 Å². The summed E-state index contributed by atoms with van der Waals surface area (Å²) in [6.45, 7) is 6.66. The SMILES string of the molecule is C[C@H]1COCCN1c1nc(Cc2ccccc2)nc2c1CCNCC2.Cl. The molecular formula is C20H27ClN4O. The molecule has 6 heteroatoms. The summed E-state index contributed by atoms with van der Waals surface area (Å²) in [6, 6.07) is 10.9. The van der Waals surface area contributed by atoms with E-state index in [9.17, 15) is 0 Å². The zero-order chi connectivity index (χ0) is 17.1. The minimum atomic E-state index is 0. The Morgan fingerprint density at radius 3 is 2.77 bits per heavy atom. The first-order chi connectivity index (χ1) is 12.3. The van der Waals surface area contributed by atoms with Crippen molar-refractivity contribution in [3.63, 3.8) is 0 Å². The van der Waals surface area contributed by atoms with E-state index in [0.717, 1.165) is 63.8 Å². The first kappa shape index (κ1) is 19.1. The van der Waals surface area contributed by atoms with Crippen LogP contribution >= 0.6 is 12.4 Å². The number of benzene rings is 1. The Bertz CT molecular complexity index is 725. The molecule has 5 nitrogen and oxygen atoms in total. The smallest absolute Gasteiger partial charge is 0.136 e. The molecule has 0 spiro atoms. The number of fused-ring (bicyclic) bond motifs is 1. The number of nitrogens with one attached hydrogen (secondary N) is 1. The Kier molecular flexibility index (Phi) is 6.46. The number of rotatable bonds is 3. The van der Waals surface area contributed by atoms with E-state index in [0.29, 0.717) is 6.04 Å². The molecule has 1 atom stereocenters. The lowest BCUT2D eigenvalue weighted by atomic mass is 10.1. The highest BCUT2D eigenvalue weighted by Gasteiger charge is 2.26. The zero-order valence-corrected chi connectivity index (χ0v) is 16.1. The molecule has 0 bridgehead atoms. The lowest BCUT2D eigenvalue weighted by molar-refractivity contribution is 0.0984. The summed E-state index contributed by atoms with van der Waals surface area (Å²) in [5, 5.41) is 3.49. The number of anilines is 1. The Balaban J connectivity index is 0.00000196. The molecule has 1 saturated heterocycles. The molecule has 2 aliphatic rings. The van der Waals surface area contributed by atoms with Crippen LogP contribution in [0.25, 0.3) is 0 Å². The quantitative estimate of drug-likeness (QED) is 0.894. The van der Waals surface area contributed by atoms with Gasteiger partial charge in [-0.25, -0.2) is 9.97 Å². The first-order valence-electron chi connectivity index (χ1n) is 9.29. The molecule has 0 saturated carbocycles. The number of halogens is 1. The van der Waals surface area contributed by atoms with Crippen LogP contribution in [0.2, 0.25) is 0 Å². The maximum atomic E-state index is 5.63. The van der Waals surface area contributed by atoms with Crippen LogP contribution in [-0.2, 0) is 24.0 Å². The lowest BCUT2D eigenvalue weighted by Gasteiger charge is -2.36. The molecule has 0 unspecified atom stereocenters. The largest absolute Gasteiger partial charge is 0.377 e. The third-order valence-electron chi connectivity index (χ3n) is 5.05. The number of morpholine rings is 1. The van der Waals surface area contributed by atoms with Crippen molar-refractivity contribution in [2.75, 3.05) is 37.7 Å². The van der Waals surface area contributed by atoms with E-state index in [1.165, 1.54) is 16.8 Å². The summed E-state index contributed by atoms with van der Waals surface area (Å²) in [6.07, 6.45) is 2.76. The Morgan fingerprint density at radius 2 is 1.96 bits per heavy atom. The second-order valence-electron chi connectivity index (χ2n) is 6.92. The highest BCUT2D eigenvalue weighted by Crippen LogP contribution is 2.27. The van der Waals surface area contributed by atoms with E-state index >= 15 is 0 Å². The minimum Gasteiger partial charge on any atom is -0.377 e. The van der Waals surface area contributed by atoms with Gasteiger partial charge in [0.15, 0.2) is 0 Å². The van der Waals surface area contributed by atoms with E-state index < -0.39 is 0 Å². The second-order valence-corrected chi connectivity index (χ2v) is 6.92. The normalized spacial score (nSPS) is 20.0. The highest BCUT2D eigenvalue weighted by molar-refractivity contribution is 5.85.